The number of benzene rings is 2. The number of imide groups is 1. The van der Waals surface area contributed by atoms with Crippen molar-refractivity contribution in [1.29, 1.82) is 0 Å². The summed E-state index contributed by atoms with van der Waals surface area (Å²) < 4.78 is 15.2. The van der Waals surface area contributed by atoms with Gasteiger partial charge < -0.3 is 19.5 Å². The van der Waals surface area contributed by atoms with Crippen molar-refractivity contribution in [3.63, 3.8) is 0 Å². The molecular weight excluding hydrogens is 456 g/mol. The highest BCUT2D eigenvalue weighted by atomic mass is 16.5. The lowest BCUT2D eigenvalue weighted by molar-refractivity contribution is -0.143. The van der Waals surface area contributed by atoms with Gasteiger partial charge in [0.1, 0.15) is 5.75 Å². The summed E-state index contributed by atoms with van der Waals surface area (Å²) in [6.45, 7) is 4.04. The summed E-state index contributed by atoms with van der Waals surface area (Å²) in [6.07, 6.45) is 0.563. The van der Waals surface area contributed by atoms with Crippen molar-refractivity contribution in [2.75, 3.05) is 31.3 Å². The highest BCUT2D eigenvalue weighted by Gasteiger charge is 2.37. The average Bonchev–Trinajstić information content (AvgIpc) is 3.10. The predicted octanol–water partition coefficient (Wildman–Crippen LogP) is 2.50. The Labute approximate surface area is 202 Å². The number of rotatable bonds is 11. The number of amides is 3. The van der Waals surface area contributed by atoms with Crippen LogP contribution in [0.4, 0.5) is 5.69 Å². The molecule has 1 aliphatic heterocycles. The molecule has 2 aromatic rings. The molecular formula is C25H26N2O8. The van der Waals surface area contributed by atoms with Crippen molar-refractivity contribution in [2.24, 2.45) is 0 Å². The number of hydrogen-bond acceptors (Lipinski definition) is 8. The zero-order chi connectivity index (χ0) is 25.4. The number of nitrogens with one attached hydrogen (secondary N) is 1. The van der Waals surface area contributed by atoms with Crippen LogP contribution in [-0.4, -0.2) is 56.0 Å². The van der Waals surface area contributed by atoms with Crippen LogP contribution in [0.5, 0.6) is 5.75 Å². The minimum atomic E-state index is -0.811. The molecule has 10 heteroatoms. The molecule has 3 amide bonds. The number of fused-ring (bicyclic) bond motifs is 1. The molecule has 0 radical (unpaired) electrons. The van der Waals surface area contributed by atoms with Gasteiger partial charge >= 0.3 is 11.9 Å². The van der Waals surface area contributed by atoms with Gasteiger partial charge in [-0.15, -0.1) is 0 Å². The van der Waals surface area contributed by atoms with E-state index < -0.39 is 30.3 Å². The third kappa shape index (κ3) is 6.23. The molecule has 35 heavy (non-hydrogen) atoms. The van der Waals surface area contributed by atoms with E-state index in [0.717, 1.165) is 4.90 Å². The number of anilines is 1. The Kier molecular flexibility index (Phi) is 8.55. The highest BCUT2D eigenvalue weighted by Crippen LogP contribution is 2.30. The molecule has 0 atom stereocenters. The number of nitrogens with zero attached hydrogens (tertiary/aromatic N) is 1. The second-order valence-corrected chi connectivity index (χ2v) is 7.47. The summed E-state index contributed by atoms with van der Waals surface area (Å²) in [4.78, 5) is 62.3. The van der Waals surface area contributed by atoms with E-state index in [4.69, 9.17) is 14.2 Å². The van der Waals surface area contributed by atoms with Crippen LogP contribution in [0.3, 0.4) is 0 Å². The summed E-state index contributed by atoms with van der Waals surface area (Å²) in [5.74, 6) is -2.15. The normalized spacial score (nSPS) is 12.2. The third-order valence-corrected chi connectivity index (χ3v) is 5.05. The molecule has 0 unspecified atom stereocenters. The quantitative estimate of drug-likeness (QED) is 0.294. The molecule has 10 nitrogen and oxygen atoms in total. The van der Waals surface area contributed by atoms with E-state index >= 15 is 0 Å². The van der Waals surface area contributed by atoms with Crippen LogP contribution in [0.2, 0.25) is 0 Å². The molecule has 184 valence electrons. The van der Waals surface area contributed by atoms with Crippen LogP contribution in [0, 0.1) is 0 Å². The van der Waals surface area contributed by atoms with E-state index in [1.807, 2.05) is 6.92 Å². The Morgan fingerprint density at radius 2 is 1.60 bits per heavy atom. The Bertz CT molecular complexity index is 1130. The zero-order valence-corrected chi connectivity index (χ0v) is 19.5. The van der Waals surface area contributed by atoms with Crippen LogP contribution in [0.1, 0.15) is 57.8 Å². The van der Waals surface area contributed by atoms with Crippen LogP contribution >= 0.6 is 0 Å². The summed E-state index contributed by atoms with van der Waals surface area (Å²) in [5, 5.41) is 2.54. The molecule has 0 fully saturated rings. The molecule has 1 heterocycles. The first-order valence-corrected chi connectivity index (χ1v) is 11.2. The minimum absolute atomic E-state index is 0.0357. The lowest BCUT2D eigenvalue weighted by atomic mass is 10.1. The van der Waals surface area contributed by atoms with E-state index in [1.165, 1.54) is 18.2 Å². The van der Waals surface area contributed by atoms with Crippen molar-refractivity contribution in [2.45, 2.75) is 26.7 Å². The van der Waals surface area contributed by atoms with E-state index in [1.54, 1.807) is 31.2 Å². The molecule has 0 aromatic heterocycles. The van der Waals surface area contributed by atoms with Gasteiger partial charge in [-0.05, 0) is 62.7 Å². The highest BCUT2D eigenvalue weighted by molar-refractivity contribution is 6.34. The van der Waals surface area contributed by atoms with Gasteiger partial charge in [0, 0.05) is 13.0 Å². The topological polar surface area (TPSA) is 128 Å². The van der Waals surface area contributed by atoms with E-state index in [-0.39, 0.29) is 35.6 Å². The SMILES string of the molecule is CCOC(=O)CCCNC(=O)COC(=O)c1ccc2c(c1)C(=O)N(c1ccc(OCC)cc1)C2=O. The van der Waals surface area contributed by atoms with Gasteiger partial charge in [0.2, 0.25) is 0 Å². The van der Waals surface area contributed by atoms with Crippen LogP contribution in [0.15, 0.2) is 42.5 Å². The number of hydrogen-bond donors (Lipinski definition) is 1. The van der Waals surface area contributed by atoms with Gasteiger partial charge in [0.25, 0.3) is 17.7 Å². The van der Waals surface area contributed by atoms with Gasteiger partial charge in [0.05, 0.1) is 35.6 Å². The Hall–Kier alpha value is -4.21. The van der Waals surface area contributed by atoms with E-state index in [0.29, 0.717) is 31.1 Å². The number of esters is 2. The molecule has 0 saturated heterocycles. The number of carbonyl (C=O) groups is 5. The van der Waals surface area contributed by atoms with Crippen molar-refractivity contribution in [3.05, 3.63) is 59.2 Å². The molecule has 0 aliphatic carbocycles. The minimum Gasteiger partial charge on any atom is -0.494 e. The standard InChI is InChI=1S/C25H26N2O8/c1-3-33-18-10-8-17(9-11-18)27-23(30)19-12-7-16(14-20(19)24(27)31)25(32)35-15-21(28)26-13-5-6-22(29)34-4-2/h7-12,14H,3-6,13,15H2,1-2H3,(H,26,28). The molecule has 0 saturated carbocycles. The van der Waals surface area contributed by atoms with Gasteiger partial charge in [-0.2, -0.15) is 0 Å². The first-order chi connectivity index (χ1) is 16.8. The predicted molar refractivity (Wildman–Crippen MR) is 124 cm³/mol. The van der Waals surface area contributed by atoms with E-state index in [2.05, 4.69) is 5.32 Å². The fourth-order valence-electron chi connectivity index (χ4n) is 3.42. The second-order valence-electron chi connectivity index (χ2n) is 7.47. The monoisotopic (exact) mass is 482 g/mol. The largest absolute Gasteiger partial charge is 0.494 e. The second kappa shape index (κ2) is 11.8. The van der Waals surface area contributed by atoms with Gasteiger partial charge in [-0.1, -0.05) is 0 Å². The molecule has 0 spiro atoms. The molecule has 2 aromatic carbocycles. The molecule has 3 rings (SSSR count). The van der Waals surface area contributed by atoms with E-state index in [9.17, 15) is 24.0 Å². The molecule has 0 bridgehead atoms. The lowest BCUT2D eigenvalue weighted by Gasteiger charge is -2.14. The van der Waals surface area contributed by atoms with Gasteiger partial charge in [-0.25, -0.2) is 9.69 Å². The first-order valence-electron chi connectivity index (χ1n) is 11.2. The van der Waals surface area contributed by atoms with Gasteiger partial charge in [-0.3, -0.25) is 19.2 Å². The van der Waals surface area contributed by atoms with Crippen molar-refractivity contribution >= 4 is 35.3 Å². The molecule has 1 aliphatic rings. The fraction of sp³-hybridized carbons (Fsp3) is 0.320. The smallest absolute Gasteiger partial charge is 0.338 e. The summed E-state index contributed by atoms with van der Waals surface area (Å²) >= 11 is 0. The number of ether oxygens (including phenoxy) is 3. The summed E-state index contributed by atoms with van der Waals surface area (Å²) in [6, 6.07) is 10.6. The fourth-order valence-corrected chi connectivity index (χ4v) is 3.42. The maximum atomic E-state index is 12.9. The van der Waals surface area contributed by atoms with Gasteiger partial charge in [0.15, 0.2) is 6.61 Å². The van der Waals surface area contributed by atoms with Crippen LogP contribution in [-0.2, 0) is 19.1 Å². The van der Waals surface area contributed by atoms with Crippen molar-refractivity contribution < 1.29 is 38.2 Å². The maximum Gasteiger partial charge on any atom is 0.338 e. The third-order valence-electron chi connectivity index (χ3n) is 5.05. The first kappa shape index (κ1) is 25.4. The summed E-state index contributed by atoms with van der Waals surface area (Å²) in [7, 11) is 0. The number of carbonyl (C=O) groups excluding carboxylic acids is 5. The lowest BCUT2D eigenvalue weighted by Crippen LogP contribution is -2.30. The Balaban J connectivity index is 1.57. The van der Waals surface area contributed by atoms with Crippen LogP contribution < -0.4 is 15.0 Å². The Morgan fingerprint density at radius 3 is 2.29 bits per heavy atom. The molecule has 1 N–H and O–H groups in total. The Morgan fingerprint density at radius 1 is 0.886 bits per heavy atom. The van der Waals surface area contributed by atoms with Crippen molar-refractivity contribution in [3.8, 4) is 5.75 Å². The average molecular weight is 482 g/mol. The zero-order valence-electron chi connectivity index (χ0n) is 19.5. The van der Waals surface area contributed by atoms with Crippen LogP contribution in [0.25, 0.3) is 0 Å². The van der Waals surface area contributed by atoms with Crippen molar-refractivity contribution in [1.82, 2.24) is 5.32 Å². The maximum absolute atomic E-state index is 12.9. The summed E-state index contributed by atoms with van der Waals surface area (Å²) in [5.41, 5.74) is 0.651.